The molecule has 0 fully saturated rings. The number of aliphatic hydroxyl groups is 2. The van der Waals surface area contributed by atoms with E-state index >= 15 is 0 Å². The normalized spacial score (nSPS) is 10.8. The van der Waals surface area contributed by atoms with Gasteiger partial charge in [0.1, 0.15) is 0 Å². The van der Waals surface area contributed by atoms with Crippen LogP contribution in [0.25, 0.3) is 0 Å². The number of rotatable bonds is 5. The van der Waals surface area contributed by atoms with Crippen molar-refractivity contribution in [2.45, 2.75) is 26.4 Å². The van der Waals surface area contributed by atoms with Crippen molar-refractivity contribution >= 4 is 5.97 Å². The Kier molecular flexibility index (Phi) is 5.66. The average molecular weight is 176 g/mol. The van der Waals surface area contributed by atoms with Gasteiger partial charge in [0.15, 0.2) is 0 Å². The Hall–Kier alpha value is -0.610. The fraction of sp³-hybridized carbons (Fsp3) is 0.875. The van der Waals surface area contributed by atoms with Crippen LogP contribution in [0.3, 0.4) is 0 Å². The quantitative estimate of drug-likeness (QED) is 0.575. The third-order valence-corrected chi connectivity index (χ3v) is 1.34. The van der Waals surface area contributed by atoms with E-state index in [0.29, 0.717) is 0 Å². The molecule has 0 atom stereocenters. The molecule has 0 aromatic rings. The molecule has 0 bridgehead atoms. The third kappa shape index (κ3) is 5.09. The van der Waals surface area contributed by atoms with Gasteiger partial charge in [-0.1, -0.05) is 0 Å². The minimum atomic E-state index is -0.392. The Morgan fingerprint density at radius 2 is 1.83 bits per heavy atom. The minimum Gasteiger partial charge on any atom is -0.463 e. The molecule has 12 heavy (non-hydrogen) atoms. The van der Waals surface area contributed by atoms with Crippen LogP contribution in [-0.4, -0.2) is 35.5 Å². The van der Waals surface area contributed by atoms with Gasteiger partial charge in [0.25, 0.3) is 0 Å². The minimum absolute atomic E-state index is 0.0746. The van der Waals surface area contributed by atoms with Crippen LogP contribution >= 0.6 is 0 Å². The molecule has 0 aliphatic carbocycles. The summed E-state index contributed by atoms with van der Waals surface area (Å²) in [4.78, 5) is 10.9. The molecule has 0 aliphatic heterocycles. The Morgan fingerprint density at radius 1 is 1.33 bits per heavy atom. The Morgan fingerprint density at radius 3 is 2.17 bits per heavy atom. The summed E-state index contributed by atoms with van der Waals surface area (Å²) in [6, 6.07) is 0. The predicted octanol–water partition coefficient (Wildman–Crippen LogP) is -0.0711. The van der Waals surface area contributed by atoms with Crippen molar-refractivity contribution in [2.75, 3.05) is 13.2 Å². The highest BCUT2D eigenvalue weighted by Gasteiger charge is 2.13. The Labute approximate surface area is 72.2 Å². The van der Waals surface area contributed by atoms with Gasteiger partial charge in [-0.2, -0.15) is 0 Å². The van der Waals surface area contributed by atoms with Crippen molar-refractivity contribution in [3.05, 3.63) is 0 Å². The zero-order chi connectivity index (χ0) is 9.56. The van der Waals surface area contributed by atoms with E-state index in [2.05, 4.69) is 0 Å². The maximum absolute atomic E-state index is 10.9. The van der Waals surface area contributed by atoms with Crippen LogP contribution < -0.4 is 0 Å². The van der Waals surface area contributed by atoms with Gasteiger partial charge < -0.3 is 14.9 Å². The fourth-order valence-corrected chi connectivity index (χ4v) is 0.734. The monoisotopic (exact) mass is 176 g/mol. The molecule has 0 rings (SSSR count). The third-order valence-electron chi connectivity index (χ3n) is 1.34. The van der Waals surface area contributed by atoms with Gasteiger partial charge >= 0.3 is 5.97 Å². The van der Waals surface area contributed by atoms with Crippen molar-refractivity contribution in [1.29, 1.82) is 0 Å². The van der Waals surface area contributed by atoms with Crippen molar-refractivity contribution < 1.29 is 19.7 Å². The van der Waals surface area contributed by atoms with Gasteiger partial charge in [-0.05, 0) is 13.8 Å². The number of aliphatic hydroxyl groups excluding tert-OH is 2. The first kappa shape index (κ1) is 11.4. The molecule has 72 valence electrons. The lowest BCUT2D eigenvalue weighted by molar-refractivity contribution is -0.149. The molecule has 0 saturated carbocycles. The summed E-state index contributed by atoms with van der Waals surface area (Å²) in [6.45, 7) is 3.13. The second kappa shape index (κ2) is 5.97. The van der Waals surface area contributed by atoms with Gasteiger partial charge in [-0.3, -0.25) is 4.79 Å². The van der Waals surface area contributed by atoms with Crippen LogP contribution in [0, 0.1) is 5.92 Å². The Balaban J connectivity index is 3.66. The summed E-state index contributed by atoms with van der Waals surface area (Å²) in [6.07, 6.45) is -0.0684. The first-order valence-electron chi connectivity index (χ1n) is 4.01. The van der Waals surface area contributed by atoms with Crippen molar-refractivity contribution in [2.24, 2.45) is 5.92 Å². The molecule has 0 radical (unpaired) electrons. The van der Waals surface area contributed by atoms with Crippen LogP contribution in [0.1, 0.15) is 20.3 Å². The van der Waals surface area contributed by atoms with Crippen LogP contribution in [0.2, 0.25) is 0 Å². The van der Waals surface area contributed by atoms with E-state index < -0.39 is 5.92 Å². The molecule has 0 aromatic carbocycles. The van der Waals surface area contributed by atoms with E-state index in [0.717, 1.165) is 0 Å². The fourth-order valence-electron chi connectivity index (χ4n) is 0.734. The van der Waals surface area contributed by atoms with E-state index in [4.69, 9.17) is 14.9 Å². The van der Waals surface area contributed by atoms with Crippen LogP contribution in [0.15, 0.2) is 0 Å². The number of esters is 1. The van der Waals surface area contributed by atoms with Crippen molar-refractivity contribution in [1.82, 2.24) is 0 Å². The molecule has 2 N–H and O–H groups in total. The molecule has 0 amide bonds. The molecular weight excluding hydrogens is 160 g/mol. The first-order chi connectivity index (χ1) is 5.60. The van der Waals surface area contributed by atoms with E-state index in [1.807, 2.05) is 0 Å². The van der Waals surface area contributed by atoms with Crippen molar-refractivity contribution in [3.8, 4) is 0 Å². The molecule has 4 nitrogen and oxygen atoms in total. The van der Waals surface area contributed by atoms with Crippen LogP contribution in [-0.2, 0) is 9.53 Å². The smallest absolute Gasteiger partial charge is 0.306 e. The van der Waals surface area contributed by atoms with Gasteiger partial charge in [-0.25, -0.2) is 0 Å². The number of carbonyl (C=O) groups excluding carboxylic acids is 1. The van der Waals surface area contributed by atoms with E-state index in [1.54, 1.807) is 13.8 Å². The molecule has 0 aromatic heterocycles. The van der Waals surface area contributed by atoms with E-state index in [-0.39, 0.29) is 31.7 Å². The van der Waals surface area contributed by atoms with Gasteiger partial charge in [-0.15, -0.1) is 0 Å². The average Bonchev–Trinajstić information content (AvgIpc) is 1.98. The summed E-state index contributed by atoms with van der Waals surface area (Å²) >= 11 is 0. The zero-order valence-corrected chi connectivity index (χ0v) is 7.49. The lowest BCUT2D eigenvalue weighted by Gasteiger charge is -2.11. The summed E-state index contributed by atoms with van der Waals surface area (Å²) in [5.41, 5.74) is 0. The molecule has 0 unspecified atom stereocenters. The summed E-state index contributed by atoms with van der Waals surface area (Å²) < 4.78 is 4.82. The predicted molar refractivity (Wildman–Crippen MR) is 43.5 cm³/mol. The van der Waals surface area contributed by atoms with Gasteiger partial charge in [0.2, 0.25) is 0 Å². The second-order valence-corrected chi connectivity index (χ2v) is 2.97. The highest BCUT2D eigenvalue weighted by molar-refractivity contribution is 5.69. The molecule has 0 saturated heterocycles. The lowest BCUT2D eigenvalue weighted by Crippen LogP contribution is -2.20. The molecular formula is C8H16O4. The van der Waals surface area contributed by atoms with Crippen molar-refractivity contribution in [3.63, 3.8) is 0 Å². The number of hydrogen-bond acceptors (Lipinski definition) is 4. The SMILES string of the molecule is CC(C)OC(=O)CC(CO)CO. The topological polar surface area (TPSA) is 66.8 Å². The highest BCUT2D eigenvalue weighted by Crippen LogP contribution is 2.03. The lowest BCUT2D eigenvalue weighted by atomic mass is 10.1. The highest BCUT2D eigenvalue weighted by atomic mass is 16.5. The standard InChI is InChI=1S/C8H16O4/c1-6(2)12-8(11)3-7(4-9)5-10/h6-7,9-10H,3-5H2,1-2H3. The molecule has 0 aliphatic rings. The summed E-state index contributed by atoms with van der Waals surface area (Å²) in [7, 11) is 0. The number of carbonyl (C=O) groups is 1. The van der Waals surface area contributed by atoms with Gasteiger partial charge in [0.05, 0.1) is 12.5 Å². The summed E-state index contributed by atoms with van der Waals surface area (Å²) in [5.74, 6) is -0.769. The number of hydrogen-bond donors (Lipinski definition) is 2. The van der Waals surface area contributed by atoms with Crippen LogP contribution in [0.4, 0.5) is 0 Å². The first-order valence-corrected chi connectivity index (χ1v) is 4.01. The maximum Gasteiger partial charge on any atom is 0.306 e. The second-order valence-electron chi connectivity index (χ2n) is 2.97. The van der Waals surface area contributed by atoms with E-state index in [9.17, 15) is 4.79 Å². The Bertz CT molecular complexity index is 129. The molecule has 0 heterocycles. The van der Waals surface area contributed by atoms with E-state index in [1.165, 1.54) is 0 Å². The summed E-state index contributed by atoms with van der Waals surface area (Å²) in [5, 5.41) is 17.3. The molecule has 4 heteroatoms. The van der Waals surface area contributed by atoms with Crippen LogP contribution in [0.5, 0.6) is 0 Å². The largest absolute Gasteiger partial charge is 0.463 e. The molecule has 0 spiro atoms. The number of ether oxygens (including phenoxy) is 1. The zero-order valence-electron chi connectivity index (χ0n) is 7.49. The van der Waals surface area contributed by atoms with Gasteiger partial charge in [0, 0.05) is 19.1 Å². The maximum atomic E-state index is 10.9.